The number of aliphatic hydroxyl groups is 2. The van der Waals surface area contributed by atoms with Crippen LogP contribution in [0.1, 0.15) is 0 Å². The van der Waals surface area contributed by atoms with Crippen molar-refractivity contribution in [1.29, 1.82) is 5.26 Å². The molecule has 7 heteroatoms. The third-order valence-electron chi connectivity index (χ3n) is 3.23. The van der Waals surface area contributed by atoms with E-state index in [1.165, 1.54) is 4.90 Å². The van der Waals surface area contributed by atoms with Gasteiger partial charge in [0.1, 0.15) is 11.6 Å². The highest BCUT2D eigenvalue weighted by molar-refractivity contribution is 5.97. The molecule has 1 aliphatic heterocycles. The Hall–Kier alpha value is -1.62. The van der Waals surface area contributed by atoms with Gasteiger partial charge in [-0.1, -0.05) is 0 Å². The van der Waals surface area contributed by atoms with Gasteiger partial charge in [-0.3, -0.25) is 4.79 Å². The molecule has 1 aliphatic rings. The molecular formula is C13H22N4O3. The number of piperazine rings is 1. The quantitative estimate of drug-likeness (QED) is 0.453. The molecule has 0 bridgehead atoms. The fourth-order valence-corrected chi connectivity index (χ4v) is 1.99. The van der Waals surface area contributed by atoms with Crippen molar-refractivity contribution in [3.63, 3.8) is 0 Å². The number of nitrogens with zero attached hydrogens (tertiary/aromatic N) is 4. The lowest BCUT2D eigenvalue weighted by Gasteiger charge is -2.32. The van der Waals surface area contributed by atoms with E-state index in [1.54, 1.807) is 6.20 Å². The Kier molecular flexibility index (Phi) is 7.01. The zero-order valence-electron chi connectivity index (χ0n) is 11.8. The Morgan fingerprint density at radius 1 is 1.25 bits per heavy atom. The van der Waals surface area contributed by atoms with E-state index in [9.17, 15) is 4.79 Å². The van der Waals surface area contributed by atoms with Crippen LogP contribution in [0.15, 0.2) is 11.8 Å². The summed E-state index contributed by atoms with van der Waals surface area (Å²) in [6, 6.07) is 1.91. The van der Waals surface area contributed by atoms with E-state index in [1.807, 2.05) is 18.0 Å². The number of likely N-dealkylation sites (N-methyl/N-ethyl adjacent to an activating group) is 1. The fourth-order valence-electron chi connectivity index (χ4n) is 1.99. The first-order valence-electron chi connectivity index (χ1n) is 6.68. The molecule has 0 aromatic carbocycles. The molecule has 112 valence electrons. The Balaban J connectivity index is 2.72. The molecule has 1 rings (SSSR count). The summed E-state index contributed by atoms with van der Waals surface area (Å²) < 4.78 is 0. The Labute approximate surface area is 119 Å². The summed E-state index contributed by atoms with van der Waals surface area (Å²) >= 11 is 0. The number of carbonyl (C=O) groups excluding carboxylic acids is 1. The van der Waals surface area contributed by atoms with Crippen LogP contribution in [0, 0.1) is 11.3 Å². The largest absolute Gasteiger partial charge is 0.395 e. The number of hydrogen-bond acceptors (Lipinski definition) is 6. The highest BCUT2D eigenvalue weighted by Crippen LogP contribution is 2.06. The van der Waals surface area contributed by atoms with Crippen molar-refractivity contribution in [2.75, 3.05) is 59.5 Å². The van der Waals surface area contributed by atoms with Gasteiger partial charge in [-0.2, -0.15) is 5.26 Å². The van der Waals surface area contributed by atoms with Crippen molar-refractivity contribution < 1.29 is 15.0 Å². The van der Waals surface area contributed by atoms with Gasteiger partial charge in [-0.15, -0.1) is 0 Å². The van der Waals surface area contributed by atoms with Crippen molar-refractivity contribution in [2.45, 2.75) is 0 Å². The molecule has 1 amide bonds. The molecule has 2 N–H and O–H groups in total. The van der Waals surface area contributed by atoms with Crippen LogP contribution in [-0.4, -0.2) is 90.3 Å². The van der Waals surface area contributed by atoms with Crippen molar-refractivity contribution in [1.82, 2.24) is 14.7 Å². The number of rotatable bonds is 6. The predicted octanol–water partition coefficient (Wildman–Crippen LogP) is -1.55. The van der Waals surface area contributed by atoms with Gasteiger partial charge in [0.25, 0.3) is 5.91 Å². The second-order valence-corrected chi connectivity index (χ2v) is 4.73. The lowest BCUT2D eigenvalue weighted by Crippen LogP contribution is -2.42. The minimum absolute atomic E-state index is 0.0384. The molecule has 0 atom stereocenters. The third kappa shape index (κ3) is 4.81. The third-order valence-corrected chi connectivity index (χ3v) is 3.23. The average Bonchev–Trinajstić information content (AvgIpc) is 2.46. The molecule has 0 saturated carbocycles. The maximum atomic E-state index is 12.2. The van der Waals surface area contributed by atoms with Crippen LogP contribution >= 0.6 is 0 Å². The van der Waals surface area contributed by atoms with Gasteiger partial charge in [0, 0.05) is 45.5 Å². The van der Waals surface area contributed by atoms with Crippen LogP contribution in [0.4, 0.5) is 0 Å². The molecule has 0 unspecified atom stereocenters. The molecule has 20 heavy (non-hydrogen) atoms. The number of carbonyl (C=O) groups is 1. The van der Waals surface area contributed by atoms with Crippen LogP contribution in [0.2, 0.25) is 0 Å². The Bertz CT molecular complexity index is 378. The lowest BCUT2D eigenvalue weighted by atomic mass is 10.2. The van der Waals surface area contributed by atoms with Crippen LogP contribution in [0.25, 0.3) is 0 Å². The van der Waals surface area contributed by atoms with Crippen molar-refractivity contribution >= 4 is 5.91 Å². The zero-order chi connectivity index (χ0) is 15.0. The molecule has 1 saturated heterocycles. The molecule has 7 nitrogen and oxygen atoms in total. The molecule has 1 heterocycles. The molecule has 1 fully saturated rings. The van der Waals surface area contributed by atoms with Gasteiger partial charge in [0.15, 0.2) is 0 Å². The molecule has 0 aliphatic carbocycles. The summed E-state index contributed by atoms with van der Waals surface area (Å²) in [5, 5.41) is 27.0. The van der Waals surface area contributed by atoms with E-state index in [-0.39, 0.29) is 31.9 Å². The second kappa shape index (κ2) is 8.53. The summed E-state index contributed by atoms with van der Waals surface area (Å²) in [7, 11) is 2.03. The second-order valence-electron chi connectivity index (χ2n) is 4.73. The topological polar surface area (TPSA) is 91.0 Å². The van der Waals surface area contributed by atoms with E-state index in [0.717, 1.165) is 26.2 Å². The lowest BCUT2D eigenvalue weighted by molar-refractivity contribution is -0.127. The number of nitriles is 1. The number of amides is 1. The molecule has 0 aromatic heterocycles. The standard InChI is InChI=1S/C13H22N4O3/c1-15-2-4-16(5-3-15)11-12(10-14)13(20)17(6-8-18)7-9-19/h11,18-19H,2-9H2,1H3/b12-11-. The summed E-state index contributed by atoms with van der Waals surface area (Å²) in [6.45, 7) is 3.16. The molecule has 0 radical (unpaired) electrons. The smallest absolute Gasteiger partial charge is 0.266 e. The van der Waals surface area contributed by atoms with Gasteiger partial charge >= 0.3 is 0 Å². The van der Waals surface area contributed by atoms with Gasteiger partial charge in [-0.25, -0.2) is 0 Å². The highest BCUT2D eigenvalue weighted by atomic mass is 16.3. The molecular weight excluding hydrogens is 260 g/mol. The summed E-state index contributed by atoms with van der Waals surface area (Å²) in [5.74, 6) is -0.450. The number of hydrogen-bond donors (Lipinski definition) is 2. The first kappa shape index (κ1) is 16.4. The predicted molar refractivity (Wildman–Crippen MR) is 73.5 cm³/mol. The van der Waals surface area contributed by atoms with E-state index in [4.69, 9.17) is 15.5 Å². The summed E-state index contributed by atoms with van der Waals surface area (Å²) in [4.78, 5) is 17.6. The van der Waals surface area contributed by atoms with Crippen molar-refractivity contribution in [3.8, 4) is 6.07 Å². The van der Waals surface area contributed by atoms with E-state index in [0.29, 0.717) is 0 Å². The van der Waals surface area contributed by atoms with Crippen molar-refractivity contribution in [3.05, 3.63) is 11.8 Å². The maximum absolute atomic E-state index is 12.2. The Morgan fingerprint density at radius 2 is 1.80 bits per heavy atom. The fraction of sp³-hybridized carbons (Fsp3) is 0.692. The summed E-state index contributed by atoms with van der Waals surface area (Å²) in [6.07, 6.45) is 1.58. The minimum Gasteiger partial charge on any atom is -0.395 e. The van der Waals surface area contributed by atoms with Crippen LogP contribution < -0.4 is 0 Å². The van der Waals surface area contributed by atoms with Gasteiger partial charge in [0.05, 0.1) is 13.2 Å². The van der Waals surface area contributed by atoms with E-state index >= 15 is 0 Å². The van der Waals surface area contributed by atoms with Crippen LogP contribution in [-0.2, 0) is 4.79 Å². The molecule has 0 spiro atoms. The van der Waals surface area contributed by atoms with Gasteiger partial charge in [-0.05, 0) is 7.05 Å². The average molecular weight is 282 g/mol. The van der Waals surface area contributed by atoms with Crippen molar-refractivity contribution in [2.24, 2.45) is 0 Å². The Morgan fingerprint density at radius 3 is 2.25 bits per heavy atom. The van der Waals surface area contributed by atoms with Crippen LogP contribution in [0.5, 0.6) is 0 Å². The first-order chi connectivity index (χ1) is 9.62. The minimum atomic E-state index is -0.450. The van der Waals surface area contributed by atoms with E-state index < -0.39 is 5.91 Å². The molecule has 0 aromatic rings. The van der Waals surface area contributed by atoms with E-state index in [2.05, 4.69) is 4.90 Å². The highest BCUT2D eigenvalue weighted by Gasteiger charge is 2.19. The van der Waals surface area contributed by atoms with Crippen LogP contribution in [0.3, 0.4) is 0 Å². The SMILES string of the molecule is CN1CCN(/C=C(/C#N)C(=O)N(CCO)CCO)CC1. The first-order valence-corrected chi connectivity index (χ1v) is 6.68. The maximum Gasteiger partial charge on any atom is 0.266 e. The summed E-state index contributed by atoms with van der Waals surface area (Å²) in [5.41, 5.74) is 0.0384. The number of aliphatic hydroxyl groups excluding tert-OH is 2. The monoisotopic (exact) mass is 282 g/mol. The zero-order valence-corrected chi connectivity index (χ0v) is 11.8. The van der Waals surface area contributed by atoms with Gasteiger partial charge in [0.2, 0.25) is 0 Å². The van der Waals surface area contributed by atoms with Gasteiger partial charge < -0.3 is 24.9 Å². The normalized spacial score (nSPS) is 16.9.